The van der Waals surface area contributed by atoms with E-state index in [1.807, 2.05) is 51.1 Å². The number of hydrogen-bond donors (Lipinski definition) is 0. The summed E-state index contributed by atoms with van der Waals surface area (Å²) in [5.74, 6) is -0.207. The molecular formula is C22H27ClN2O3. The molecule has 1 fully saturated rings. The van der Waals surface area contributed by atoms with Gasteiger partial charge in [0.05, 0.1) is 19.1 Å². The van der Waals surface area contributed by atoms with Crippen molar-refractivity contribution in [3.05, 3.63) is 52.3 Å². The summed E-state index contributed by atoms with van der Waals surface area (Å²) < 4.78 is 7.22. The molecule has 5 nitrogen and oxygen atoms in total. The molecule has 0 unspecified atom stereocenters. The number of ether oxygens (including phenoxy) is 1. The third-order valence-electron chi connectivity index (χ3n) is 5.31. The van der Waals surface area contributed by atoms with Crippen molar-refractivity contribution >= 4 is 23.4 Å². The normalized spacial score (nSPS) is 17.5. The smallest absolute Gasteiger partial charge is 0.310 e. The van der Waals surface area contributed by atoms with Gasteiger partial charge in [-0.1, -0.05) is 11.6 Å². The number of piperidine rings is 1. The van der Waals surface area contributed by atoms with Crippen LogP contribution in [0.4, 0.5) is 0 Å². The molecule has 1 atom stereocenters. The molecule has 1 aromatic heterocycles. The molecule has 1 aliphatic rings. The van der Waals surface area contributed by atoms with Crippen molar-refractivity contribution in [1.29, 1.82) is 0 Å². The summed E-state index contributed by atoms with van der Waals surface area (Å²) in [5, 5.41) is 0.684. The molecule has 0 saturated carbocycles. The van der Waals surface area contributed by atoms with E-state index >= 15 is 0 Å². The maximum absolute atomic E-state index is 13.0. The van der Waals surface area contributed by atoms with E-state index in [4.69, 9.17) is 16.3 Å². The van der Waals surface area contributed by atoms with Crippen molar-refractivity contribution in [3.8, 4) is 5.69 Å². The molecule has 3 rings (SSSR count). The lowest BCUT2D eigenvalue weighted by Gasteiger charge is -2.30. The number of halogens is 1. The lowest BCUT2D eigenvalue weighted by Crippen LogP contribution is -2.41. The second kappa shape index (κ2) is 8.93. The molecule has 1 aromatic carbocycles. The van der Waals surface area contributed by atoms with Crippen LogP contribution in [-0.4, -0.2) is 47.5 Å². The van der Waals surface area contributed by atoms with E-state index in [2.05, 4.69) is 9.47 Å². The summed E-state index contributed by atoms with van der Waals surface area (Å²) in [5.41, 5.74) is 3.64. The summed E-state index contributed by atoms with van der Waals surface area (Å²) in [6, 6.07) is 9.54. The average molecular weight is 403 g/mol. The van der Waals surface area contributed by atoms with Crippen LogP contribution < -0.4 is 0 Å². The molecule has 2 heterocycles. The van der Waals surface area contributed by atoms with E-state index in [9.17, 15) is 9.59 Å². The molecule has 0 bridgehead atoms. The highest BCUT2D eigenvalue weighted by molar-refractivity contribution is 6.30. The number of esters is 1. The van der Waals surface area contributed by atoms with Crippen LogP contribution >= 0.6 is 11.6 Å². The second-order valence-corrected chi connectivity index (χ2v) is 7.78. The molecule has 0 amide bonds. The summed E-state index contributed by atoms with van der Waals surface area (Å²) in [6.45, 7) is 7.91. The zero-order chi connectivity index (χ0) is 20.3. The first-order valence-electron chi connectivity index (χ1n) is 9.77. The van der Waals surface area contributed by atoms with Gasteiger partial charge in [0.15, 0.2) is 5.78 Å². The van der Waals surface area contributed by atoms with E-state index in [0.717, 1.165) is 42.0 Å². The molecule has 0 radical (unpaired) electrons. The third kappa shape index (κ3) is 4.47. The minimum atomic E-state index is -0.152. The number of Topliss-reactive ketones (excluding diaryl/α,β-unsaturated/α-hetero) is 1. The predicted octanol–water partition coefficient (Wildman–Crippen LogP) is 4.21. The lowest BCUT2D eigenvalue weighted by atomic mass is 9.97. The Morgan fingerprint density at radius 2 is 1.93 bits per heavy atom. The van der Waals surface area contributed by atoms with Gasteiger partial charge in [0.2, 0.25) is 0 Å². The van der Waals surface area contributed by atoms with Gasteiger partial charge in [-0.2, -0.15) is 0 Å². The van der Waals surface area contributed by atoms with Gasteiger partial charge in [-0.05, 0) is 70.5 Å². The quantitative estimate of drug-likeness (QED) is 0.536. The molecular weight excluding hydrogens is 376 g/mol. The SMILES string of the molecule is CCOC(=O)[C@@H]1CCCN(CC(=O)c2cc(C)n(-c3ccc(Cl)cc3)c2C)C1. The zero-order valence-electron chi connectivity index (χ0n) is 16.7. The average Bonchev–Trinajstić information content (AvgIpc) is 2.97. The van der Waals surface area contributed by atoms with E-state index in [1.54, 1.807) is 0 Å². The van der Waals surface area contributed by atoms with Crippen LogP contribution in [0.5, 0.6) is 0 Å². The van der Waals surface area contributed by atoms with Gasteiger partial charge in [-0.3, -0.25) is 14.5 Å². The number of benzene rings is 1. The Morgan fingerprint density at radius 1 is 1.21 bits per heavy atom. The van der Waals surface area contributed by atoms with Crippen LogP contribution in [0.2, 0.25) is 5.02 Å². The van der Waals surface area contributed by atoms with Crippen molar-refractivity contribution < 1.29 is 14.3 Å². The summed E-state index contributed by atoms with van der Waals surface area (Å²) in [7, 11) is 0. The maximum atomic E-state index is 13.0. The van der Waals surface area contributed by atoms with Crippen LogP contribution in [0.1, 0.15) is 41.5 Å². The van der Waals surface area contributed by atoms with Crippen LogP contribution in [-0.2, 0) is 9.53 Å². The highest BCUT2D eigenvalue weighted by Gasteiger charge is 2.28. The maximum Gasteiger partial charge on any atom is 0.310 e. The van der Waals surface area contributed by atoms with Gasteiger partial charge in [-0.25, -0.2) is 0 Å². The fourth-order valence-corrected chi connectivity index (χ4v) is 4.10. The molecule has 6 heteroatoms. The fraction of sp³-hybridized carbons (Fsp3) is 0.455. The zero-order valence-corrected chi connectivity index (χ0v) is 17.5. The first-order chi connectivity index (χ1) is 13.4. The Hall–Kier alpha value is -2.11. The number of carbonyl (C=O) groups is 2. The first-order valence-corrected chi connectivity index (χ1v) is 10.2. The number of hydrogen-bond acceptors (Lipinski definition) is 4. The van der Waals surface area contributed by atoms with Gasteiger partial charge in [0, 0.05) is 34.2 Å². The monoisotopic (exact) mass is 402 g/mol. The number of aromatic nitrogens is 1. The van der Waals surface area contributed by atoms with E-state index in [-0.39, 0.29) is 17.7 Å². The topological polar surface area (TPSA) is 51.5 Å². The number of ketones is 1. The minimum Gasteiger partial charge on any atom is -0.466 e. The van der Waals surface area contributed by atoms with Gasteiger partial charge in [0.1, 0.15) is 0 Å². The van der Waals surface area contributed by atoms with E-state index in [0.29, 0.717) is 24.7 Å². The van der Waals surface area contributed by atoms with Gasteiger partial charge >= 0.3 is 5.97 Å². The van der Waals surface area contributed by atoms with Crippen LogP contribution in [0.3, 0.4) is 0 Å². The van der Waals surface area contributed by atoms with Gasteiger partial charge in [0.25, 0.3) is 0 Å². The molecule has 1 aliphatic heterocycles. The Labute approximate surface area is 171 Å². The number of carbonyl (C=O) groups excluding carboxylic acids is 2. The molecule has 28 heavy (non-hydrogen) atoms. The Morgan fingerprint density at radius 3 is 2.61 bits per heavy atom. The lowest BCUT2D eigenvalue weighted by molar-refractivity contribution is -0.149. The van der Waals surface area contributed by atoms with Gasteiger partial charge < -0.3 is 9.30 Å². The predicted molar refractivity (Wildman–Crippen MR) is 110 cm³/mol. The Kier molecular flexibility index (Phi) is 6.57. The molecule has 150 valence electrons. The molecule has 0 aliphatic carbocycles. The van der Waals surface area contributed by atoms with Crippen LogP contribution in [0.15, 0.2) is 30.3 Å². The minimum absolute atomic E-state index is 0.0813. The Balaban J connectivity index is 1.73. The third-order valence-corrected chi connectivity index (χ3v) is 5.56. The van der Waals surface area contributed by atoms with Crippen LogP contribution in [0.25, 0.3) is 5.69 Å². The highest BCUT2D eigenvalue weighted by Crippen LogP contribution is 2.24. The summed E-state index contributed by atoms with van der Waals surface area (Å²) in [6.07, 6.45) is 1.73. The standard InChI is InChI=1S/C22H27ClN2O3/c1-4-28-22(27)17-6-5-11-24(13-17)14-21(26)20-12-15(2)25(16(20)3)19-9-7-18(23)8-10-19/h7-10,12,17H,4-6,11,13-14H2,1-3H3/t17-/m1/s1. The van der Waals surface area contributed by atoms with Gasteiger partial charge in [-0.15, -0.1) is 0 Å². The number of nitrogens with zero attached hydrogens (tertiary/aromatic N) is 2. The fourth-order valence-electron chi connectivity index (χ4n) is 3.97. The van der Waals surface area contributed by atoms with Crippen molar-refractivity contribution in [2.75, 3.05) is 26.2 Å². The Bertz CT molecular complexity index is 857. The van der Waals surface area contributed by atoms with Crippen molar-refractivity contribution in [2.24, 2.45) is 5.92 Å². The summed E-state index contributed by atoms with van der Waals surface area (Å²) in [4.78, 5) is 27.1. The summed E-state index contributed by atoms with van der Waals surface area (Å²) >= 11 is 5.99. The van der Waals surface area contributed by atoms with E-state index < -0.39 is 0 Å². The molecule has 0 N–H and O–H groups in total. The molecule has 2 aromatic rings. The number of aryl methyl sites for hydroxylation is 1. The number of likely N-dealkylation sites (tertiary alicyclic amines) is 1. The second-order valence-electron chi connectivity index (χ2n) is 7.35. The van der Waals surface area contributed by atoms with Crippen molar-refractivity contribution in [1.82, 2.24) is 9.47 Å². The van der Waals surface area contributed by atoms with Crippen molar-refractivity contribution in [3.63, 3.8) is 0 Å². The van der Waals surface area contributed by atoms with Crippen molar-refractivity contribution in [2.45, 2.75) is 33.6 Å². The number of rotatable bonds is 6. The van der Waals surface area contributed by atoms with Crippen LogP contribution in [0, 0.1) is 19.8 Å². The molecule has 1 saturated heterocycles. The first kappa shape index (κ1) is 20.6. The largest absolute Gasteiger partial charge is 0.466 e. The molecule has 0 spiro atoms. The highest BCUT2D eigenvalue weighted by atomic mass is 35.5. The van der Waals surface area contributed by atoms with E-state index in [1.165, 1.54) is 0 Å².